The minimum Gasteiger partial charge on any atom is -0.497 e. The number of hydrogen-bond donors (Lipinski definition) is 0. The predicted octanol–water partition coefficient (Wildman–Crippen LogP) is 3.77. The molecule has 0 aromatic heterocycles. The van der Waals surface area contributed by atoms with Crippen molar-refractivity contribution in [2.75, 3.05) is 7.11 Å². The van der Waals surface area contributed by atoms with Gasteiger partial charge in [-0.2, -0.15) is 0 Å². The van der Waals surface area contributed by atoms with E-state index in [0.717, 1.165) is 11.7 Å². The molecule has 0 fully saturated rings. The fourth-order valence-corrected chi connectivity index (χ4v) is 2.45. The highest BCUT2D eigenvalue weighted by atomic mass is 16.5. The van der Waals surface area contributed by atoms with E-state index in [2.05, 4.69) is 39.0 Å². The third-order valence-corrected chi connectivity index (χ3v) is 3.12. The van der Waals surface area contributed by atoms with Crippen molar-refractivity contribution in [2.24, 2.45) is 5.41 Å². The van der Waals surface area contributed by atoms with Crippen molar-refractivity contribution in [2.45, 2.75) is 39.5 Å². The molecule has 0 aliphatic heterocycles. The van der Waals surface area contributed by atoms with Gasteiger partial charge in [-0.15, -0.1) is 0 Å². The van der Waals surface area contributed by atoms with Crippen LogP contribution in [0.25, 0.3) is 0 Å². The van der Waals surface area contributed by atoms with Crippen LogP contribution < -0.4 is 4.74 Å². The van der Waals surface area contributed by atoms with E-state index in [4.69, 9.17) is 4.74 Å². The van der Waals surface area contributed by atoms with Crippen LogP contribution >= 0.6 is 0 Å². The summed E-state index contributed by atoms with van der Waals surface area (Å²) < 4.78 is 5.22. The molecule has 1 unspecified atom stereocenters. The van der Waals surface area contributed by atoms with Gasteiger partial charge in [0.15, 0.2) is 0 Å². The second-order valence-electron chi connectivity index (χ2n) is 5.73. The summed E-state index contributed by atoms with van der Waals surface area (Å²) >= 11 is 0. The fraction of sp³-hybridized carbons (Fsp3) is 0.571. The van der Waals surface area contributed by atoms with E-state index < -0.39 is 0 Å². The van der Waals surface area contributed by atoms with Gasteiger partial charge in [0, 0.05) is 0 Å². The highest BCUT2D eigenvalue weighted by Gasteiger charge is 2.29. The molecule has 15 heavy (non-hydrogen) atoms. The number of ether oxygens (including phenoxy) is 1. The van der Waals surface area contributed by atoms with E-state index in [-0.39, 0.29) is 0 Å². The average Bonchev–Trinajstić information content (AvgIpc) is 2.12. The van der Waals surface area contributed by atoms with E-state index in [1.807, 2.05) is 0 Å². The first-order valence-electron chi connectivity index (χ1n) is 5.66. The first-order valence-corrected chi connectivity index (χ1v) is 5.66. The van der Waals surface area contributed by atoms with Crippen LogP contribution in [0.2, 0.25) is 0 Å². The smallest absolute Gasteiger partial charge is 0.119 e. The normalized spacial score (nSPS) is 19.3. The van der Waals surface area contributed by atoms with Crippen LogP contribution in [0.15, 0.2) is 18.2 Å². The van der Waals surface area contributed by atoms with Gasteiger partial charge in [-0.3, -0.25) is 0 Å². The Morgan fingerprint density at radius 1 is 1.33 bits per heavy atom. The Balaban J connectivity index is 2.11. The van der Waals surface area contributed by atoms with Gasteiger partial charge in [0.1, 0.15) is 5.75 Å². The molecule has 0 saturated carbocycles. The lowest BCUT2D eigenvalue weighted by Gasteiger charge is -2.35. The molecule has 0 heterocycles. The number of hydrogen-bond acceptors (Lipinski definition) is 1. The van der Waals surface area contributed by atoms with E-state index in [0.29, 0.717) is 5.41 Å². The van der Waals surface area contributed by atoms with Crippen molar-refractivity contribution in [1.82, 2.24) is 0 Å². The lowest BCUT2D eigenvalue weighted by Crippen LogP contribution is -2.22. The fourth-order valence-electron chi connectivity index (χ4n) is 2.45. The summed E-state index contributed by atoms with van der Waals surface area (Å²) in [5.74, 6) is 1.76. The third-order valence-electron chi connectivity index (χ3n) is 3.12. The second kappa shape index (κ2) is 3.55. The SMILES string of the molecule is COc1ccc2c(c1)CC2CC(C)(C)C. The maximum Gasteiger partial charge on any atom is 0.119 e. The Labute approximate surface area is 92.5 Å². The molecule has 1 nitrogen and oxygen atoms in total. The molecular formula is C14H20O. The van der Waals surface area contributed by atoms with Crippen LogP contribution in [-0.2, 0) is 6.42 Å². The van der Waals surface area contributed by atoms with Crippen LogP contribution in [0.3, 0.4) is 0 Å². The van der Waals surface area contributed by atoms with Gasteiger partial charge >= 0.3 is 0 Å². The number of fused-ring (bicyclic) bond motifs is 1. The Morgan fingerprint density at radius 3 is 2.60 bits per heavy atom. The molecule has 1 aromatic carbocycles. The molecular weight excluding hydrogens is 184 g/mol. The molecule has 0 saturated heterocycles. The van der Waals surface area contributed by atoms with Crippen LogP contribution in [0.1, 0.15) is 44.2 Å². The molecule has 0 bridgehead atoms. The molecule has 1 atom stereocenters. The summed E-state index contributed by atoms with van der Waals surface area (Å²) in [4.78, 5) is 0. The van der Waals surface area contributed by atoms with Crippen LogP contribution in [0.5, 0.6) is 5.75 Å². The first-order chi connectivity index (χ1) is 6.99. The summed E-state index contributed by atoms with van der Waals surface area (Å²) in [6.45, 7) is 6.94. The average molecular weight is 204 g/mol. The Kier molecular flexibility index (Phi) is 2.49. The Bertz CT molecular complexity index is 360. The predicted molar refractivity (Wildman–Crippen MR) is 63.5 cm³/mol. The van der Waals surface area contributed by atoms with Gasteiger partial charge in [-0.25, -0.2) is 0 Å². The van der Waals surface area contributed by atoms with Crippen molar-refractivity contribution in [3.8, 4) is 5.75 Å². The molecule has 1 aromatic rings. The molecule has 0 N–H and O–H groups in total. The van der Waals surface area contributed by atoms with Crippen molar-refractivity contribution in [3.63, 3.8) is 0 Å². The summed E-state index contributed by atoms with van der Waals surface area (Å²) in [5.41, 5.74) is 3.44. The van der Waals surface area contributed by atoms with Gasteiger partial charge in [0.2, 0.25) is 0 Å². The second-order valence-corrected chi connectivity index (χ2v) is 5.73. The summed E-state index contributed by atoms with van der Waals surface area (Å²) in [6, 6.07) is 6.48. The van der Waals surface area contributed by atoms with Crippen molar-refractivity contribution < 1.29 is 4.74 Å². The molecule has 1 aliphatic carbocycles. The third kappa shape index (κ3) is 2.17. The molecule has 0 amide bonds. The van der Waals surface area contributed by atoms with E-state index in [1.165, 1.54) is 24.0 Å². The molecule has 1 aliphatic rings. The zero-order valence-electron chi connectivity index (χ0n) is 10.1. The van der Waals surface area contributed by atoms with E-state index >= 15 is 0 Å². The highest BCUT2D eigenvalue weighted by Crippen LogP contribution is 2.43. The quantitative estimate of drug-likeness (QED) is 0.712. The Morgan fingerprint density at radius 2 is 2.07 bits per heavy atom. The summed E-state index contributed by atoms with van der Waals surface area (Å²) in [5, 5.41) is 0. The first kappa shape index (κ1) is 10.5. The topological polar surface area (TPSA) is 9.23 Å². The molecule has 1 heteroatoms. The summed E-state index contributed by atoms with van der Waals surface area (Å²) in [7, 11) is 1.73. The minimum atomic E-state index is 0.433. The Hall–Kier alpha value is -0.980. The zero-order valence-corrected chi connectivity index (χ0v) is 10.1. The molecule has 82 valence electrons. The standard InChI is InChI=1S/C14H20O/c1-14(2,3)9-11-7-10-8-12(15-4)5-6-13(10)11/h5-6,8,11H,7,9H2,1-4H3. The van der Waals surface area contributed by atoms with E-state index in [9.17, 15) is 0 Å². The van der Waals surface area contributed by atoms with Crippen molar-refractivity contribution in [1.29, 1.82) is 0 Å². The molecule has 0 radical (unpaired) electrons. The number of benzene rings is 1. The minimum absolute atomic E-state index is 0.433. The number of rotatable bonds is 2. The largest absolute Gasteiger partial charge is 0.497 e. The monoisotopic (exact) mass is 204 g/mol. The maximum atomic E-state index is 5.22. The van der Waals surface area contributed by atoms with Crippen LogP contribution in [0, 0.1) is 5.41 Å². The molecule has 0 spiro atoms. The van der Waals surface area contributed by atoms with Gasteiger partial charge < -0.3 is 4.74 Å². The van der Waals surface area contributed by atoms with Gasteiger partial charge in [-0.05, 0) is 47.4 Å². The zero-order chi connectivity index (χ0) is 11.1. The number of methoxy groups -OCH3 is 1. The van der Waals surface area contributed by atoms with Gasteiger partial charge in [0.25, 0.3) is 0 Å². The van der Waals surface area contributed by atoms with Crippen molar-refractivity contribution in [3.05, 3.63) is 29.3 Å². The van der Waals surface area contributed by atoms with Gasteiger partial charge in [0.05, 0.1) is 7.11 Å². The lowest BCUT2D eigenvalue weighted by molar-refractivity contribution is 0.322. The highest BCUT2D eigenvalue weighted by molar-refractivity contribution is 5.45. The van der Waals surface area contributed by atoms with Crippen LogP contribution in [-0.4, -0.2) is 7.11 Å². The summed E-state index contributed by atoms with van der Waals surface area (Å²) in [6.07, 6.45) is 2.51. The molecule has 2 rings (SSSR count). The lowest BCUT2D eigenvalue weighted by atomic mass is 9.70. The van der Waals surface area contributed by atoms with Gasteiger partial charge in [-0.1, -0.05) is 26.8 Å². The van der Waals surface area contributed by atoms with Crippen molar-refractivity contribution >= 4 is 0 Å². The van der Waals surface area contributed by atoms with Crippen LogP contribution in [0.4, 0.5) is 0 Å². The maximum absolute atomic E-state index is 5.22. The van der Waals surface area contributed by atoms with E-state index in [1.54, 1.807) is 7.11 Å².